The van der Waals surface area contributed by atoms with E-state index in [0.717, 1.165) is 10.6 Å². The second-order valence-electron chi connectivity index (χ2n) is 5.33. The first-order chi connectivity index (χ1) is 12.2. The molecule has 0 aliphatic carbocycles. The van der Waals surface area contributed by atoms with Crippen molar-refractivity contribution in [3.63, 3.8) is 0 Å². The van der Waals surface area contributed by atoms with Crippen molar-refractivity contribution in [1.82, 2.24) is 0 Å². The van der Waals surface area contributed by atoms with Gasteiger partial charge in [-0.15, -0.1) is 0 Å². The maximum Gasteiger partial charge on any atom is 0.339 e. The van der Waals surface area contributed by atoms with Crippen LogP contribution >= 0.6 is 11.6 Å². The predicted molar refractivity (Wildman–Crippen MR) is 100 cm³/mol. The molecule has 0 heterocycles. The van der Waals surface area contributed by atoms with Crippen molar-refractivity contribution in [3.8, 4) is 0 Å². The van der Waals surface area contributed by atoms with Crippen LogP contribution < -0.4 is 9.62 Å². The maximum atomic E-state index is 12.4. The summed E-state index contributed by atoms with van der Waals surface area (Å²) in [7, 11) is -2.50. The van der Waals surface area contributed by atoms with Crippen molar-refractivity contribution in [2.45, 2.75) is 0 Å². The molecule has 1 amide bonds. The van der Waals surface area contributed by atoms with E-state index >= 15 is 0 Å². The highest BCUT2D eigenvalue weighted by molar-refractivity contribution is 7.92. The lowest BCUT2D eigenvalue weighted by molar-refractivity contribution is -0.114. The molecule has 0 unspecified atom stereocenters. The van der Waals surface area contributed by atoms with E-state index in [0.29, 0.717) is 5.02 Å². The van der Waals surface area contributed by atoms with Gasteiger partial charge in [0.2, 0.25) is 15.9 Å². The van der Waals surface area contributed by atoms with Crippen molar-refractivity contribution < 1.29 is 22.7 Å². The molecule has 9 heteroatoms. The van der Waals surface area contributed by atoms with Gasteiger partial charge in [-0.3, -0.25) is 9.10 Å². The van der Waals surface area contributed by atoms with Crippen LogP contribution in [-0.2, 0) is 19.6 Å². The van der Waals surface area contributed by atoms with E-state index in [9.17, 15) is 18.0 Å². The zero-order valence-corrected chi connectivity index (χ0v) is 15.7. The summed E-state index contributed by atoms with van der Waals surface area (Å²) in [5.41, 5.74) is 0.650. The number of nitrogens with one attached hydrogen (secondary N) is 1. The molecule has 0 saturated carbocycles. The van der Waals surface area contributed by atoms with Gasteiger partial charge < -0.3 is 10.1 Å². The van der Waals surface area contributed by atoms with E-state index in [4.69, 9.17) is 11.6 Å². The van der Waals surface area contributed by atoms with Crippen LogP contribution in [0.4, 0.5) is 11.4 Å². The Morgan fingerprint density at radius 1 is 1.15 bits per heavy atom. The Morgan fingerprint density at radius 3 is 2.46 bits per heavy atom. The summed E-state index contributed by atoms with van der Waals surface area (Å²) in [4.78, 5) is 24.2. The number of para-hydroxylation sites is 1. The van der Waals surface area contributed by atoms with Crippen LogP contribution in [-0.4, -0.2) is 40.2 Å². The molecule has 7 nitrogen and oxygen atoms in total. The molecule has 0 radical (unpaired) electrons. The molecule has 2 aromatic carbocycles. The molecule has 26 heavy (non-hydrogen) atoms. The normalized spacial score (nSPS) is 10.9. The van der Waals surface area contributed by atoms with Crippen molar-refractivity contribution in [2.24, 2.45) is 0 Å². The van der Waals surface area contributed by atoms with E-state index in [-0.39, 0.29) is 16.9 Å². The molecule has 0 aliphatic heterocycles. The smallest absolute Gasteiger partial charge is 0.339 e. The zero-order chi connectivity index (χ0) is 19.3. The van der Waals surface area contributed by atoms with Gasteiger partial charge in [-0.05, 0) is 30.3 Å². The van der Waals surface area contributed by atoms with Gasteiger partial charge in [0, 0.05) is 5.02 Å². The average Bonchev–Trinajstić information content (AvgIpc) is 2.58. The van der Waals surface area contributed by atoms with Gasteiger partial charge in [0.25, 0.3) is 0 Å². The van der Waals surface area contributed by atoms with Gasteiger partial charge in [-0.1, -0.05) is 29.8 Å². The van der Waals surface area contributed by atoms with Crippen molar-refractivity contribution >= 4 is 44.9 Å². The summed E-state index contributed by atoms with van der Waals surface area (Å²) < 4.78 is 29.8. The number of carbonyl (C=O) groups excluding carboxylic acids is 2. The van der Waals surface area contributed by atoms with Crippen LogP contribution in [0.15, 0.2) is 48.5 Å². The summed E-state index contributed by atoms with van der Waals surface area (Å²) in [5.74, 6) is -1.23. The third-order valence-corrected chi connectivity index (χ3v) is 4.77. The topological polar surface area (TPSA) is 92.8 Å². The standard InChI is InChI=1S/C17H17ClN2O5S/c1-25-17(22)14-8-3-4-9-15(14)19-16(21)11-20(26(2,23)24)13-7-5-6-12(18)10-13/h3-10H,11H2,1-2H3,(H,19,21). The maximum absolute atomic E-state index is 12.4. The molecular weight excluding hydrogens is 380 g/mol. The first kappa shape index (κ1) is 19.7. The van der Waals surface area contributed by atoms with Crippen LogP contribution in [0.5, 0.6) is 0 Å². The number of rotatable bonds is 6. The molecule has 2 rings (SSSR count). The first-order valence-corrected chi connectivity index (χ1v) is 9.65. The summed E-state index contributed by atoms with van der Waals surface area (Å²) in [6, 6.07) is 12.4. The number of ether oxygens (including phenoxy) is 1. The van der Waals surface area contributed by atoms with Gasteiger partial charge in [-0.2, -0.15) is 0 Å². The van der Waals surface area contributed by atoms with Gasteiger partial charge in [-0.25, -0.2) is 13.2 Å². The minimum atomic E-state index is -3.73. The van der Waals surface area contributed by atoms with Gasteiger partial charge >= 0.3 is 5.97 Å². The molecule has 2 aromatic rings. The van der Waals surface area contributed by atoms with E-state index in [1.165, 1.54) is 31.4 Å². The fourth-order valence-electron chi connectivity index (χ4n) is 2.23. The number of methoxy groups -OCH3 is 1. The Kier molecular flexibility index (Phi) is 6.23. The number of anilines is 2. The summed E-state index contributed by atoms with van der Waals surface area (Å²) in [6.45, 7) is -0.477. The highest BCUT2D eigenvalue weighted by atomic mass is 35.5. The van der Waals surface area contributed by atoms with Crippen LogP contribution in [0.25, 0.3) is 0 Å². The fraction of sp³-hybridized carbons (Fsp3) is 0.176. The first-order valence-electron chi connectivity index (χ1n) is 7.43. The van der Waals surface area contributed by atoms with E-state index < -0.39 is 28.4 Å². The predicted octanol–water partition coefficient (Wildman–Crippen LogP) is 2.53. The minimum absolute atomic E-state index is 0.164. The van der Waals surface area contributed by atoms with E-state index in [1.807, 2.05) is 0 Å². The van der Waals surface area contributed by atoms with Crippen molar-refractivity contribution in [1.29, 1.82) is 0 Å². The number of amides is 1. The van der Waals surface area contributed by atoms with Gasteiger partial charge in [0.05, 0.1) is 30.3 Å². The van der Waals surface area contributed by atoms with Gasteiger partial charge in [0.15, 0.2) is 0 Å². The monoisotopic (exact) mass is 396 g/mol. The molecule has 1 N–H and O–H groups in total. The summed E-state index contributed by atoms with van der Waals surface area (Å²) in [6.07, 6.45) is 0.990. The number of carbonyl (C=O) groups is 2. The number of hydrogen-bond acceptors (Lipinski definition) is 5. The Hall–Kier alpha value is -2.58. The van der Waals surface area contributed by atoms with Crippen LogP contribution in [0.3, 0.4) is 0 Å². The Balaban J connectivity index is 2.26. The second-order valence-corrected chi connectivity index (χ2v) is 7.68. The zero-order valence-electron chi connectivity index (χ0n) is 14.1. The highest BCUT2D eigenvalue weighted by Gasteiger charge is 2.22. The summed E-state index contributed by atoms with van der Waals surface area (Å²) >= 11 is 5.90. The number of benzene rings is 2. The van der Waals surface area contributed by atoms with Crippen molar-refractivity contribution in [2.75, 3.05) is 29.5 Å². The van der Waals surface area contributed by atoms with Crippen molar-refractivity contribution in [3.05, 3.63) is 59.1 Å². The lowest BCUT2D eigenvalue weighted by Crippen LogP contribution is -2.37. The quantitative estimate of drug-likeness (QED) is 0.757. The molecule has 0 aliphatic rings. The highest BCUT2D eigenvalue weighted by Crippen LogP contribution is 2.22. The lowest BCUT2D eigenvalue weighted by atomic mass is 10.2. The third kappa shape index (κ3) is 4.96. The van der Waals surface area contributed by atoms with E-state index in [1.54, 1.807) is 24.3 Å². The number of esters is 1. The lowest BCUT2D eigenvalue weighted by Gasteiger charge is -2.22. The Labute approximate surface area is 156 Å². The molecule has 0 aromatic heterocycles. The second kappa shape index (κ2) is 8.20. The molecule has 138 valence electrons. The Morgan fingerprint density at radius 2 is 1.85 bits per heavy atom. The molecule has 0 bridgehead atoms. The minimum Gasteiger partial charge on any atom is -0.465 e. The molecule has 0 spiro atoms. The number of sulfonamides is 1. The Bertz CT molecular complexity index is 930. The largest absolute Gasteiger partial charge is 0.465 e. The number of hydrogen-bond donors (Lipinski definition) is 1. The number of halogens is 1. The third-order valence-electron chi connectivity index (χ3n) is 3.39. The molecular formula is C17H17ClN2O5S. The van der Waals surface area contributed by atoms with Crippen LogP contribution in [0.1, 0.15) is 10.4 Å². The van der Waals surface area contributed by atoms with Crippen LogP contribution in [0, 0.1) is 0 Å². The molecule has 0 saturated heterocycles. The summed E-state index contributed by atoms with van der Waals surface area (Å²) in [5, 5.41) is 2.87. The van der Waals surface area contributed by atoms with E-state index in [2.05, 4.69) is 10.1 Å². The number of nitrogens with zero attached hydrogens (tertiary/aromatic N) is 1. The van der Waals surface area contributed by atoms with Crippen LogP contribution in [0.2, 0.25) is 5.02 Å². The SMILES string of the molecule is COC(=O)c1ccccc1NC(=O)CN(c1cccc(Cl)c1)S(C)(=O)=O. The van der Waals surface area contributed by atoms with Gasteiger partial charge in [0.1, 0.15) is 6.54 Å². The fourth-order valence-corrected chi connectivity index (χ4v) is 3.26. The average molecular weight is 397 g/mol. The molecule has 0 fully saturated rings. The molecule has 0 atom stereocenters.